The molecule has 2 fully saturated rings. The number of fused-ring (bicyclic) bond motifs is 2. The Bertz CT molecular complexity index is 891. The summed E-state index contributed by atoms with van der Waals surface area (Å²) in [5.41, 5.74) is 2.45. The van der Waals surface area contributed by atoms with Crippen LogP contribution in [0.1, 0.15) is 63.1 Å². The molecule has 4 rings (SSSR count). The number of amides is 3. The highest BCUT2D eigenvalue weighted by molar-refractivity contribution is 5.94. The number of carbonyl (C=O) groups excluding carboxylic acids is 3. The average molecular weight is 457 g/mol. The molecule has 2 unspecified atom stereocenters. The molecule has 1 aromatic rings. The van der Waals surface area contributed by atoms with Gasteiger partial charge in [-0.1, -0.05) is 37.6 Å². The van der Waals surface area contributed by atoms with E-state index in [4.69, 9.17) is 4.74 Å². The molecule has 0 spiro atoms. The SMILES string of the molecule is CCC1C[C@@H]2OCC[C@H](NC(=O)[C@H](C)NC)C(=O)N2C1C(=O)N[C@@H]1CCCc2ccccc21. The monoisotopic (exact) mass is 456 g/mol. The Morgan fingerprint density at radius 1 is 1.18 bits per heavy atom. The van der Waals surface area contributed by atoms with Gasteiger partial charge >= 0.3 is 0 Å². The maximum absolute atomic E-state index is 13.6. The number of hydrogen-bond donors (Lipinski definition) is 3. The Hall–Kier alpha value is -2.45. The van der Waals surface area contributed by atoms with Gasteiger partial charge in [-0.25, -0.2) is 0 Å². The quantitative estimate of drug-likeness (QED) is 0.605. The second-order valence-electron chi connectivity index (χ2n) is 9.43. The molecule has 3 aliphatic rings. The zero-order valence-corrected chi connectivity index (χ0v) is 19.8. The molecule has 8 nitrogen and oxygen atoms in total. The summed E-state index contributed by atoms with van der Waals surface area (Å²) in [4.78, 5) is 41.3. The van der Waals surface area contributed by atoms with Crippen LogP contribution in [0.5, 0.6) is 0 Å². The van der Waals surface area contributed by atoms with Crippen molar-refractivity contribution < 1.29 is 19.1 Å². The normalized spacial score (nSPS) is 30.1. The molecule has 3 N–H and O–H groups in total. The van der Waals surface area contributed by atoms with Gasteiger partial charge in [0.1, 0.15) is 18.3 Å². The molecule has 3 amide bonds. The lowest BCUT2D eigenvalue weighted by atomic mass is 9.87. The molecule has 0 bridgehead atoms. The van der Waals surface area contributed by atoms with E-state index in [1.807, 2.05) is 19.1 Å². The van der Waals surface area contributed by atoms with Crippen LogP contribution in [0.15, 0.2) is 24.3 Å². The van der Waals surface area contributed by atoms with Crippen LogP contribution in [0.2, 0.25) is 0 Å². The lowest BCUT2D eigenvalue weighted by Gasteiger charge is -2.33. The third kappa shape index (κ3) is 4.77. The fourth-order valence-electron chi connectivity index (χ4n) is 5.41. The molecule has 1 aromatic carbocycles. The number of hydrogen-bond acceptors (Lipinski definition) is 5. The second-order valence-corrected chi connectivity index (χ2v) is 9.43. The van der Waals surface area contributed by atoms with E-state index in [-0.39, 0.29) is 29.7 Å². The van der Waals surface area contributed by atoms with Gasteiger partial charge in [-0.15, -0.1) is 0 Å². The van der Waals surface area contributed by atoms with Crippen molar-refractivity contribution in [3.05, 3.63) is 35.4 Å². The molecule has 2 heterocycles. The predicted octanol–water partition coefficient (Wildman–Crippen LogP) is 1.65. The van der Waals surface area contributed by atoms with Crippen LogP contribution >= 0.6 is 0 Å². The van der Waals surface area contributed by atoms with Crippen molar-refractivity contribution in [2.75, 3.05) is 13.7 Å². The summed E-state index contributed by atoms with van der Waals surface area (Å²) in [6.07, 6.45) is 4.31. The molecule has 2 aliphatic heterocycles. The molecule has 6 atom stereocenters. The Labute approximate surface area is 195 Å². The number of nitrogens with zero attached hydrogens (tertiary/aromatic N) is 1. The molecular weight excluding hydrogens is 420 g/mol. The number of ether oxygens (including phenoxy) is 1. The first-order valence-electron chi connectivity index (χ1n) is 12.2. The van der Waals surface area contributed by atoms with Crippen LogP contribution in [0.25, 0.3) is 0 Å². The van der Waals surface area contributed by atoms with Gasteiger partial charge in [0.25, 0.3) is 0 Å². The minimum atomic E-state index is -0.695. The van der Waals surface area contributed by atoms with Gasteiger partial charge in [-0.3, -0.25) is 14.4 Å². The summed E-state index contributed by atoms with van der Waals surface area (Å²) in [5, 5.41) is 9.00. The standard InChI is InChI=1S/C25H36N4O4/c1-4-16-14-21-29(25(32)20(12-13-33-21)28-23(30)15(2)26-3)22(16)24(31)27-19-11-7-9-17-8-5-6-10-18(17)19/h5-6,8,10,15-16,19-22,26H,4,7,9,11-14H2,1-3H3,(H,27,31)(H,28,30)/t15-,16?,19+,20-,21-,22?/m0/s1. The molecule has 0 saturated carbocycles. The molecule has 180 valence electrons. The van der Waals surface area contributed by atoms with Crippen molar-refractivity contribution in [3.8, 4) is 0 Å². The fraction of sp³-hybridized carbons (Fsp3) is 0.640. The lowest BCUT2D eigenvalue weighted by molar-refractivity contribution is -0.149. The predicted molar refractivity (Wildman–Crippen MR) is 124 cm³/mol. The van der Waals surface area contributed by atoms with Crippen molar-refractivity contribution in [1.82, 2.24) is 20.9 Å². The summed E-state index contributed by atoms with van der Waals surface area (Å²) in [6.45, 7) is 4.16. The van der Waals surface area contributed by atoms with Gasteiger partial charge in [0.2, 0.25) is 17.7 Å². The van der Waals surface area contributed by atoms with Gasteiger partial charge < -0.3 is 25.6 Å². The zero-order valence-electron chi connectivity index (χ0n) is 19.8. The van der Waals surface area contributed by atoms with E-state index in [2.05, 4.69) is 28.1 Å². The third-order valence-corrected chi connectivity index (χ3v) is 7.45. The van der Waals surface area contributed by atoms with Crippen LogP contribution < -0.4 is 16.0 Å². The van der Waals surface area contributed by atoms with Crippen LogP contribution in [0.3, 0.4) is 0 Å². The van der Waals surface area contributed by atoms with Crippen molar-refractivity contribution in [2.24, 2.45) is 5.92 Å². The summed E-state index contributed by atoms with van der Waals surface area (Å²) in [5.74, 6) is -0.573. The molecule has 0 radical (unpaired) electrons. The Balaban J connectivity index is 1.54. The summed E-state index contributed by atoms with van der Waals surface area (Å²) in [6, 6.07) is 6.51. The number of benzene rings is 1. The van der Waals surface area contributed by atoms with E-state index in [9.17, 15) is 14.4 Å². The van der Waals surface area contributed by atoms with Crippen molar-refractivity contribution in [2.45, 2.75) is 82.8 Å². The Morgan fingerprint density at radius 2 is 1.97 bits per heavy atom. The summed E-state index contributed by atoms with van der Waals surface area (Å²) in [7, 11) is 1.70. The Morgan fingerprint density at radius 3 is 2.73 bits per heavy atom. The zero-order chi connectivity index (χ0) is 23.5. The number of likely N-dealkylation sites (N-methyl/N-ethyl adjacent to an activating group) is 1. The first kappa shape index (κ1) is 23.7. The van der Waals surface area contributed by atoms with E-state index >= 15 is 0 Å². The van der Waals surface area contributed by atoms with Gasteiger partial charge in [-0.05, 0) is 56.7 Å². The van der Waals surface area contributed by atoms with Crippen LogP contribution in [0, 0.1) is 5.92 Å². The third-order valence-electron chi connectivity index (χ3n) is 7.45. The minimum absolute atomic E-state index is 0.0171. The molecule has 0 aromatic heterocycles. The van der Waals surface area contributed by atoms with E-state index in [0.29, 0.717) is 19.4 Å². The average Bonchev–Trinajstić information content (AvgIpc) is 3.14. The maximum atomic E-state index is 13.6. The lowest BCUT2D eigenvalue weighted by Crippen LogP contribution is -2.57. The van der Waals surface area contributed by atoms with Crippen LogP contribution in [-0.4, -0.2) is 60.6 Å². The van der Waals surface area contributed by atoms with Crippen molar-refractivity contribution in [3.63, 3.8) is 0 Å². The molecular formula is C25H36N4O4. The molecule has 1 aliphatic carbocycles. The second kappa shape index (κ2) is 10.2. The van der Waals surface area contributed by atoms with Gasteiger partial charge in [-0.2, -0.15) is 0 Å². The van der Waals surface area contributed by atoms with Crippen LogP contribution in [-0.2, 0) is 25.5 Å². The highest BCUT2D eigenvalue weighted by atomic mass is 16.5. The summed E-state index contributed by atoms with van der Waals surface area (Å²) >= 11 is 0. The van der Waals surface area contributed by atoms with Crippen molar-refractivity contribution >= 4 is 17.7 Å². The van der Waals surface area contributed by atoms with Gasteiger partial charge in [0.15, 0.2) is 0 Å². The largest absolute Gasteiger partial charge is 0.358 e. The van der Waals surface area contributed by atoms with Crippen LogP contribution in [0.4, 0.5) is 0 Å². The molecule has 33 heavy (non-hydrogen) atoms. The Kier molecular flexibility index (Phi) is 7.34. The van der Waals surface area contributed by atoms with E-state index < -0.39 is 24.4 Å². The highest BCUT2D eigenvalue weighted by Crippen LogP contribution is 2.37. The number of carbonyl (C=O) groups is 3. The first-order chi connectivity index (χ1) is 15.9. The molecule has 8 heteroatoms. The maximum Gasteiger partial charge on any atom is 0.247 e. The van der Waals surface area contributed by atoms with Crippen molar-refractivity contribution in [1.29, 1.82) is 0 Å². The molecule has 2 saturated heterocycles. The highest BCUT2D eigenvalue weighted by Gasteiger charge is 2.50. The van der Waals surface area contributed by atoms with Gasteiger partial charge in [0, 0.05) is 6.42 Å². The number of rotatable bonds is 6. The first-order valence-corrected chi connectivity index (χ1v) is 12.2. The van der Waals surface area contributed by atoms with E-state index in [0.717, 1.165) is 25.7 Å². The number of nitrogens with one attached hydrogen (secondary N) is 3. The summed E-state index contributed by atoms with van der Waals surface area (Å²) < 4.78 is 6.01. The fourth-order valence-corrected chi connectivity index (χ4v) is 5.41. The minimum Gasteiger partial charge on any atom is -0.358 e. The topological polar surface area (TPSA) is 99.8 Å². The van der Waals surface area contributed by atoms with E-state index in [1.54, 1.807) is 18.9 Å². The van der Waals surface area contributed by atoms with Gasteiger partial charge in [0.05, 0.1) is 18.7 Å². The van der Waals surface area contributed by atoms with E-state index in [1.165, 1.54) is 11.1 Å². The smallest absolute Gasteiger partial charge is 0.247 e. The number of aryl methyl sites for hydroxylation is 1.